The third-order valence-corrected chi connectivity index (χ3v) is 4.36. The van der Waals surface area contributed by atoms with Gasteiger partial charge in [-0.05, 0) is 48.7 Å². The van der Waals surface area contributed by atoms with Gasteiger partial charge in [-0.2, -0.15) is 0 Å². The number of aromatic nitrogens is 2. The third kappa shape index (κ3) is 2.43. The molecule has 0 spiro atoms. The lowest BCUT2D eigenvalue weighted by Crippen LogP contribution is -2.20. The van der Waals surface area contributed by atoms with Gasteiger partial charge in [0.15, 0.2) is 0 Å². The van der Waals surface area contributed by atoms with E-state index in [0.717, 1.165) is 21.6 Å². The molecule has 21 heavy (non-hydrogen) atoms. The van der Waals surface area contributed by atoms with Gasteiger partial charge < -0.3 is 10.3 Å². The molecule has 0 bridgehead atoms. The summed E-state index contributed by atoms with van der Waals surface area (Å²) in [6.07, 6.45) is 1.85. The van der Waals surface area contributed by atoms with Gasteiger partial charge in [0, 0.05) is 11.6 Å². The minimum atomic E-state index is -0.00851. The first-order valence-corrected chi connectivity index (χ1v) is 7.38. The molecule has 1 aromatic heterocycles. The molecule has 108 valence electrons. The summed E-state index contributed by atoms with van der Waals surface area (Å²) in [6, 6.07) is 12.1. The molecular formula is C17H18ClN3. The van der Waals surface area contributed by atoms with Crippen LogP contribution in [0.2, 0.25) is 5.02 Å². The summed E-state index contributed by atoms with van der Waals surface area (Å²) in [5, 5.41) is 0.735. The van der Waals surface area contributed by atoms with Crippen LogP contribution in [-0.4, -0.2) is 16.1 Å². The summed E-state index contributed by atoms with van der Waals surface area (Å²) < 4.78 is 2.11. The first kappa shape index (κ1) is 14.1. The second kappa shape index (κ2) is 5.51. The summed E-state index contributed by atoms with van der Waals surface area (Å²) in [4.78, 5) is 4.51. The molecule has 1 heterocycles. The Morgan fingerprint density at radius 2 is 1.90 bits per heavy atom. The number of hydrogen-bond acceptors (Lipinski definition) is 2. The molecule has 0 amide bonds. The van der Waals surface area contributed by atoms with E-state index < -0.39 is 0 Å². The Hall–Kier alpha value is -1.84. The van der Waals surface area contributed by atoms with Gasteiger partial charge in [-0.1, -0.05) is 29.8 Å². The summed E-state index contributed by atoms with van der Waals surface area (Å²) in [6.45, 7) is 4.68. The van der Waals surface area contributed by atoms with Crippen molar-refractivity contribution < 1.29 is 0 Å². The molecule has 3 nitrogen and oxygen atoms in total. The highest BCUT2D eigenvalue weighted by Crippen LogP contribution is 2.29. The van der Waals surface area contributed by atoms with Crippen molar-refractivity contribution in [2.45, 2.75) is 19.9 Å². The van der Waals surface area contributed by atoms with E-state index in [1.165, 1.54) is 11.1 Å². The van der Waals surface area contributed by atoms with E-state index in [-0.39, 0.29) is 6.04 Å². The Morgan fingerprint density at radius 1 is 1.19 bits per heavy atom. The number of benzene rings is 2. The first-order chi connectivity index (χ1) is 10.1. The molecule has 1 unspecified atom stereocenters. The largest absolute Gasteiger partial charge is 0.328 e. The van der Waals surface area contributed by atoms with Gasteiger partial charge in [-0.3, -0.25) is 0 Å². The van der Waals surface area contributed by atoms with Crippen LogP contribution in [0.3, 0.4) is 0 Å². The Morgan fingerprint density at radius 3 is 2.62 bits per heavy atom. The third-order valence-electron chi connectivity index (χ3n) is 4.01. The van der Waals surface area contributed by atoms with Crippen molar-refractivity contribution in [3.05, 3.63) is 64.4 Å². The maximum absolute atomic E-state index is 6.33. The molecule has 0 saturated heterocycles. The molecule has 0 aliphatic rings. The van der Waals surface area contributed by atoms with Gasteiger partial charge >= 0.3 is 0 Å². The molecule has 3 aromatic rings. The van der Waals surface area contributed by atoms with Crippen LogP contribution >= 0.6 is 11.6 Å². The maximum atomic E-state index is 6.33. The monoisotopic (exact) mass is 299 g/mol. The highest BCUT2D eigenvalue weighted by atomic mass is 35.5. The molecule has 3 rings (SSSR count). The molecule has 0 fully saturated rings. The highest BCUT2D eigenvalue weighted by molar-refractivity contribution is 6.31. The quantitative estimate of drug-likeness (QED) is 0.798. The second-order valence-electron chi connectivity index (χ2n) is 5.35. The normalized spacial score (nSPS) is 12.8. The zero-order valence-corrected chi connectivity index (χ0v) is 12.9. The smallest absolute Gasteiger partial charge is 0.0964 e. The van der Waals surface area contributed by atoms with Crippen molar-refractivity contribution in [3.63, 3.8) is 0 Å². The lowest BCUT2D eigenvalue weighted by atomic mass is 10.1. The van der Waals surface area contributed by atoms with E-state index in [2.05, 4.69) is 35.5 Å². The zero-order valence-electron chi connectivity index (χ0n) is 12.2. The van der Waals surface area contributed by atoms with E-state index in [1.54, 1.807) is 0 Å². The predicted molar refractivity (Wildman–Crippen MR) is 87.9 cm³/mol. The van der Waals surface area contributed by atoms with Crippen LogP contribution in [0, 0.1) is 13.8 Å². The molecule has 4 heteroatoms. The minimum absolute atomic E-state index is 0.00851. The van der Waals surface area contributed by atoms with Crippen molar-refractivity contribution in [3.8, 4) is 0 Å². The number of hydrogen-bond donors (Lipinski definition) is 1. The van der Waals surface area contributed by atoms with Gasteiger partial charge in [-0.15, -0.1) is 0 Å². The van der Waals surface area contributed by atoms with Crippen molar-refractivity contribution in [2.75, 3.05) is 6.54 Å². The van der Waals surface area contributed by atoms with Crippen LogP contribution in [0.15, 0.2) is 42.7 Å². The summed E-state index contributed by atoms with van der Waals surface area (Å²) in [5.41, 5.74) is 11.6. The van der Waals surface area contributed by atoms with Crippen molar-refractivity contribution >= 4 is 22.6 Å². The Labute approximate surface area is 129 Å². The van der Waals surface area contributed by atoms with Crippen LogP contribution in [0.4, 0.5) is 0 Å². The fraction of sp³-hybridized carbons (Fsp3) is 0.235. The van der Waals surface area contributed by atoms with Crippen molar-refractivity contribution in [1.82, 2.24) is 9.55 Å². The van der Waals surface area contributed by atoms with Crippen molar-refractivity contribution in [1.29, 1.82) is 0 Å². The molecule has 0 saturated carbocycles. The average molecular weight is 300 g/mol. The fourth-order valence-electron chi connectivity index (χ4n) is 2.67. The molecule has 2 aromatic carbocycles. The van der Waals surface area contributed by atoms with E-state index >= 15 is 0 Å². The second-order valence-corrected chi connectivity index (χ2v) is 5.76. The van der Waals surface area contributed by atoms with Gasteiger partial charge in [0.1, 0.15) is 0 Å². The fourth-order valence-corrected chi connectivity index (χ4v) is 2.93. The van der Waals surface area contributed by atoms with E-state index in [4.69, 9.17) is 17.3 Å². The van der Waals surface area contributed by atoms with Gasteiger partial charge in [0.05, 0.1) is 23.4 Å². The lowest BCUT2D eigenvalue weighted by Gasteiger charge is -2.19. The van der Waals surface area contributed by atoms with Crippen LogP contribution in [0.1, 0.15) is 22.7 Å². The summed E-state index contributed by atoms with van der Waals surface area (Å²) >= 11 is 6.33. The standard InChI is InChI=1S/C17H18ClN3/c1-11-7-15-16(8-12(11)2)21(10-20-15)17(9-19)13-5-3-4-6-14(13)18/h3-8,10,17H,9,19H2,1-2H3. The van der Waals surface area contributed by atoms with E-state index in [0.29, 0.717) is 6.54 Å². The molecular weight excluding hydrogens is 282 g/mol. The van der Waals surface area contributed by atoms with Crippen LogP contribution in [-0.2, 0) is 0 Å². The van der Waals surface area contributed by atoms with Gasteiger partial charge in [0.25, 0.3) is 0 Å². The zero-order chi connectivity index (χ0) is 15.0. The number of nitrogens with zero attached hydrogens (tertiary/aromatic N) is 2. The van der Waals surface area contributed by atoms with Gasteiger partial charge in [-0.25, -0.2) is 4.98 Å². The number of imidazole rings is 1. The van der Waals surface area contributed by atoms with E-state index in [9.17, 15) is 0 Å². The van der Waals surface area contributed by atoms with Crippen LogP contribution in [0.5, 0.6) is 0 Å². The SMILES string of the molecule is Cc1cc2ncn(C(CN)c3ccccc3Cl)c2cc1C. The summed E-state index contributed by atoms with van der Waals surface area (Å²) in [7, 11) is 0. The molecule has 0 aliphatic carbocycles. The predicted octanol–water partition coefficient (Wildman–Crippen LogP) is 3.85. The highest BCUT2D eigenvalue weighted by Gasteiger charge is 2.17. The maximum Gasteiger partial charge on any atom is 0.0964 e. The number of rotatable bonds is 3. The topological polar surface area (TPSA) is 43.8 Å². The Bertz CT molecular complexity index is 792. The minimum Gasteiger partial charge on any atom is -0.328 e. The average Bonchev–Trinajstić information content (AvgIpc) is 2.85. The molecule has 0 aliphatic heterocycles. The van der Waals surface area contributed by atoms with Crippen molar-refractivity contribution in [2.24, 2.45) is 5.73 Å². The summed E-state index contributed by atoms with van der Waals surface area (Å²) in [5.74, 6) is 0. The van der Waals surface area contributed by atoms with E-state index in [1.807, 2.05) is 30.6 Å². The Kier molecular flexibility index (Phi) is 3.70. The molecule has 0 radical (unpaired) electrons. The van der Waals surface area contributed by atoms with Crippen LogP contribution < -0.4 is 5.73 Å². The number of aryl methyl sites for hydroxylation is 2. The first-order valence-electron chi connectivity index (χ1n) is 7.00. The number of halogens is 1. The lowest BCUT2D eigenvalue weighted by molar-refractivity contribution is 0.610. The van der Waals surface area contributed by atoms with Crippen LogP contribution in [0.25, 0.3) is 11.0 Å². The molecule has 1 atom stereocenters. The van der Waals surface area contributed by atoms with Gasteiger partial charge in [0.2, 0.25) is 0 Å². The number of nitrogens with two attached hydrogens (primary N) is 1. The molecule has 2 N–H and O–H groups in total. The number of fused-ring (bicyclic) bond motifs is 1. The Balaban J connectivity index is 2.18.